The van der Waals surface area contributed by atoms with Crippen LogP contribution in [0.4, 0.5) is 0 Å². The van der Waals surface area contributed by atoms with Crippen LogP contribution < -0.4 is 21.3 Å². The van der Waals surface area contributed by atoms with Crippen molar-refractivity contribution in [1.29, 1.82) is 0 Å². The molecule has 0 unspecified atom stereocenters. The van der Waals surface area contributed by atoms with E-state index >= 15 is 0 Å². The summed E-state index contributed by atoms with van der Waals surface area (Å²) in [5.41, 5.74) is 10.0. The second-order valence-electron chi connectivity index (χ2n) is 20.2. The lowest BCUT2D eigenvalue weighted by atomic mass is 9.72. The molecule has 0 heterocycles. The molecule has 0 fully saturated rings. The second kappa shape index (κ2) is 34.5. The van der Waals surface area contributed by atoms with E-state index in [1.165, 1.54) is 60.5 Å². The van der Waals surface area contributed by atoms with Crippen LogP contribution in [0, 0.1) is 10.8 Å². The lowest BCUT2D eigenvalue weighted by Crippen LogP contribution is -2.46. The van der Waals surface area contributed by atoms with E-state index < -0.39 is 6.04 Å². The first kappa shape index (κ1) is 61.3. The van der Waals surface area contributed by atoms with E-state index in [9.17, 15) is 19.2 Å². The smallest absolute Gasteiger partial charge is 0.244 e. The fraction of sp³-hybridized carbons (Fsp3) is 0.593. The molecule has 390 valence electrons. The Hall–Kier alpha value is -4.84. The predicted molar refractivity (Wildman–Crippen MR) is 289 cm³/mol. The zero-order chi connectivity index (χ0) is 51.8. The van der Waals surface area contributed by atoms with E-state index in [1.54, 1.807) is 6.08 Å². The number of amides is 4. The molecule has 0 aromatic carbocycles. The SMILES string of the molecule is CCC(=O)NCCCOCCOCCOCCCNC(=O)[C@H](CCCCNC(=O)/C=C(C)/C=C/C=C(C)/C=C/C1=C(C)CCCC1(C)C)NC(=O)/C=C(C)/C=C/C=C(C)/C=C/C1=C(C)CCCC1(C)C. The zero-order valence-electron chi connectivity index (χ0n) is 45.2. The van der Waals surface area contributed by atoms with Crippen molar-refractivity contribution in [2.24, 2.45) is 10.8 Å². The lowest BCUT2D eigenvalue weighted by molar-refractivity contribution is -0.127. The molecule has 2 aliphatic rings. The average Bonchev–Trinajstić information content (AvgIpc) is 3.28. The van der Waals surface area contributed by atoms with Crippen LogP contribution in [0.5, 0.6) is 0 Å². The van der Waals surface area contributed by atoms with Crippen molar-refractivity contribution in [3.63, 3.8) is 0 Å². The Morgan fingerprint density at radius 3 is 1.51 bits per heavy atom. The van der Waals surface area contributed by atoms with Gasteiger partial charge in [0.2, 0.25) is 23.6 Å². The van der Waals surface area contributed by atoms with Gasteiger partial charge in [-0.1, -0.05) is 118 Å². The molecule has 4 amide bonds. The zero-order valence-corrected chi connectivity index (χ0v) is 45.2. The molecule has 70 heavy (non-hydrogen) atoms. The van der Waals surface area contributed by atoms with Crippen LogP contribution in [-0.2, 0) is 33.4 Å². The maximum Gasteiger partial charge on any atom is 0.244 e. The van der Waals surface area contributed by atoms with Gasteiger partial charge in [0.25, 0.3) is 0 Å². The van der Waals surface area contributed by atoms with E-state index in [1.807, 2.05) is 51.2 Å². The van der Waals surface area contributed by atoms with Crippen molar-refractivity contribution >= 4 is 23.6 Å². The number of hydrogen-bond donors (Lipinski definition) is 4. The van der Waals surface area contributed by atoms with Gasteiger partial charge in [0, 0.05) is 51.4 Å². The van der Waals surface area contributed by atoms with Gasteiger partial charge in [-0.05, 0) is 145 Å². The molecule has 0 aromatic heterocycles. The van der Waals surface area contributed by atoms with Crippen LogP contribution in [0.1, 0.15) is 153 Å². The topological polar surface area (TPSA) is 144 Å². The highest BCUT2D eigenvalue weighted by Gasteiger charge is 2.27. The molecule has 0 aliphatic heterocycles. The molecule has 0 saturated heterocycles. The summed E-state index contributed by atoms with van der Waals surface area (Å²) >= 11 is 0. The monoisotopic (exact) mass is 969 g/mol. The highest BCUT2D eigenvalue weighted by molar-refractivity contribution is 5.93. The third kappa shape index (κ3) is 26.9. The Bertz CT molecular complexity index is 1990. The van der Waals surface area contributed by atoms with Crippen molar-refractivity contribution in [3.05, 3.63) is 117 Å². The predicted octanol–water partition coefficient (Wildman–Crippen LogP) is 11.3. The van der Waals surface area contributed by atoms with Gasteiger partial charge in [-0.2, -0.15) is 0 Å². The number of carbonyl (C=O) groups excluding carboxylic acids is 4. The van der Waals surface area contributed by atoms with E-state index in [0.29, 0.717) is 91.4 Å². The minimum atomic E-state index is -0.745. The van der Waals surface area contributed by atoms with Crippen molar-refractivity contribution in [1.82, 2.24) is 21.3 Å². The molecular formula is C59H92N4O7. The highest BCUT2D eigenvalue weighted by atomic mass is 16.5. The fourth-order valence-electron chi connectivity index (χ4n) is 8.57. The summed E-state index contributed by atoms with van der Waals surface area (Å²) in [6, 6.07) is -0.745. The molecule has 0 aromatic rings. The number of carbonyl (C=O) groups is 4. The minimum absolute atomic E-state index is 0.0411. The van der Waals surface area contributed by atoms with Gasteiger partial charge in [0.1, 0.15) is 6.04 Å². The van der Waals surface area contributed by atoms with Gasteiger partial charge in [-0.25, -0.2) is 0 Å². The normalized spacial score (nSPS) is 17.6. The summed E-state index contributed by atoms with van der Waals surface area (Å²) in [4.78, 5) is 50.6. The summed E-state index contributed by atoms with van der Waals surface area (Å²) in [7, 11) is 0. The maximum absolute atomic E-state index is 13.4. The molecule has 11 nitrogen and oxygen atoms in total. The Morgan fingerprint density at radius 2 is 1.03 bits per heavy atom. The average molecular weight is 969 g/mol. The minimum Gasteiger partial charge on any atom is -0.379 e. The largest absolute Gasteiger partial charge is 0.379 e. The molecule has 0 spiro atoms. The molecule has 0 radical (unpaired) electrons. The molecular weight excluding hydrogens is 877 g/mol. The number of hydrogen-bond acceptors (Lipinski definition) is 7. The molecule has 11 heteroatoms. The number of ether oxygens (including phenoxy) is 3. The lowest BCUT2D eigenvalue weighted by Gasteiger charge is -2.33. The third-order valence-electron chi connectivity index (χ3n) is 12.7. The molecule has 1 atom stereocenters. The van der Waals surface area contributed by atoms with Crippen molar-refractivity contribution in [3.8, 4) is 0 Å². The van der Waals surface area contributed by atoms with Crippen molar-refractivity contribution in [2.75, 3.05) is 59.3 Å². The Morgan fingerprint density at radius 1 is 0.571 bits per heavy atom. The number of unbranched alkanes of at least 4 members (excludes halogenated alkanes) is 1. The van der Waals surface area contributed by atoms with Crippen LogP contribution in [0.15, 0.2) is 117 Å². The first-order valence-electron chi connectivity index (χ1n) is 26.0. The van der Waals surface area contributed by atoms with Crippen LogP contribution in [0.3, 0.4) is 0 Å². The summed E-state index contributed by atoms with van der Waals surface area (Å²) in [5, 5.41) is 11.7. The van der Waals surface area contributed by atoms with Gasteiger partial charge in [-0.15, -0.1) is 0 Å². The number of allylic oxidation sites excluding steroid dienone is 18. The van der Waals surface area contributed by atoms with E-state index in [2.05, 4.69) is 107 Å². The molecule has 2 rings (SSSR count). The van der Waals surface area contributed by atoms with Crippen LogP contribution >= 0.6 is 0 Å². The van der Waals surface area contributed by atoms with Crippen LogP contribution in [0.2, 0.25) is 0 Å². The van der Waals surface area contributed by atoms with Gasteiger partial charge < -0.3 is 35.5 Å². The maximum atomic E-state index is 13.4. The molecule has 0 bridgehead atoms. The quantitative estimate of drug-likeness (QED) is 0.0298. The Kier molecular flexibility index (Phi) is 30.2. The van der Waals surface area contributed by atoms with Crippen LogP contribution in [0.25, 0.3) is 0 Å². The summed E-state index contributed by atoms with van der Waals surface area (Å²) in [6.45, 7) is 27.7. The van der Waals surface area contributed by atoms with Crippen molar-refractivity contribution < 1.29 is 33.4 Å². The van der Waals surface area contributed by atoms with Gasteiger partial charge >= 0.3 is 0 Å². The van der Waals surface area contributed by atoms with Gasteiger partial charge in [0.05, 0.1) is 26.4 Å². The van der Waals surface area contributed by atoms with Crippen LogP contribution in [-0.4, -0.2) is 88.9 Å². The highest BCUT2D eigenvalue weighted by Crippen LogP contribution is 2.41. The van der Waals surface area contributed by atoms with Crippen molar-refractivity contribution in [2.45, 2.75) is 159 Å². The molecule has 0 saturated carbocycles. The molecule has 4 N–H and O–H groups in total. The van der Waals surface area contributed by atoms with E-state index in [0.717, 1.165) is 35.1 Å². The second-order valence-corrected chi connectivity index (χ2v) is 20.2. The first-order valence-corrected chi connectivity index (χ1v) is 26.0. The molecule has 2 aliphatic carbocycles. The summed E-state index contributed by atoms with van der Waals surface area (Å²) < 4.78 is 16.8. The summed E-state index contributed by atoms with van der Waals surface area (Å²) in [5.74, 6) is -0.739. The fourth-order valence-corrected chi connectivity index (χ4v) is 8.57. The third-order valence-corrected chi connectivity index (χ3v) is 12.7. The van der Waals surface area contributed by atoms with E-state index in [4.69, 9.17) is 14.2 Å². The Labute approximate surface area is 423 Å². The van der Waals surface area contributed by atoms with Gasteiger partial charge in [0.15, 0.2) is 0 Å². The summed E-state index contributed by atoms with van der Waals surface area (Å²) in [6.07, 6.45) is 34.5. The first-order chi connectivity index (χ1) is 33.3. The Balaban J connectivity index is 1.89. The number of rotatable bonds is 32. The number of nitrogens with one attached hydrogen (secondary N) is 4. The standard InChI is InChI=1S/C59H92N4O7/c1-12-54(64)60-35-19-37-68-39-41-70-42-40-69-38-20-36-62-57(67)53(63-56(66)44-48(5)24-16-22-46(3)29-31-52-50(7)26-18-33-59(52,10)11)27-13-14-34-61-55(65)43-47(4)23-15-21-45(2)28-30-51-49(6)25-17-32-58(51,8)9/h15-16,21-24,28-31,43-44,53H,12-14,17-20,25-27,32-42H2,1-11H3,(H,60,64)(H,61,65)(H,62,67)(H,63,66)/b23-15+,24-16+,30-28+,31-29+,45-21+,46-22+,47-43+,48-44+/t53-/m0/s1. The van der Waals surface area contributed by atoms with E-state index in [-0.39, 0.29) is 34.5 Å². The van der Waals surface area contributed by atoms with Gasteiger partial charge in [-0.3, -0.25) is 19.2 Å².